The van der Waals surface area contributed by atoms with Crippen LogP contribution in [-0.2, 0) is 17.6 Å². The normalized spacial score (nSPS) is 19.9. The van der Waals surface area contributed by atoms with Crippen molar-refractivity contribution in [1.82, 2.24) is 14.9 Å². The summed E-state index contributed by atoms with van der Waals surface area (Å²) in [6, 6.07) is 7.53. The highest BCUT2D eigenvalue weighted by Gasteiger charge is 2.28. The number of aryl methyl sites for hydroxylation is 3. The van der Waals surface area contributed by atoms with Crippen molar-refractivity contribution in [3.05, 3.63) is 62.8 Å². The molecule has 0 spiro atoms. The van der Waals surface area contributed by atoms with Gasteiger partial charge in [-0.05, 0) is 55.9 Å². The number of nitrogens with zero attached hydrogens (tertiary/aromatic N) is 2. The van der Waals surface area contributed by atoms with E-state index in [1.165, 1.54) is 30.0 Å². The minimum Gasteiger partial charge on any atom is -0.367 e. The van der Waals surface area contributed by atoms with Crippen LogP contribution in [0.3, 0.4) is 0 Å². The monoisotopic (exact) mass is 353 g/mol. The molecule has 2 aliphatic rings. The summed E-state index contributed by atoms with van der Waals surface area (Å²) >= 11 is 0. The molecular formula is C20H23N3O3. The Kier molecular flexibility index (Phi) is 4.59. The van der Waals surface area contributed by atoms with Crippen molar-refractivity contribution in [2.24, 2.45) is 0 Å². The number of ether oxygens (including phenoxy) is 1. The number of hydrogen-bond donors (Lipinski definition) is 1. The Hall–Kier alpha value is -2.47. The second-order valence-electron chi connectivity index (χ2n) is 7.07. The standard InChI is InChI=1S/C20H23N3O3/c1-13-10-18(24)22-19(21-13)17-12-23(8-9-26-17)20(25)16-7-6-14-4-2-3-5-15(14)11-16/h6-7,10-11,17H,2-5,8-9,12H2,1H3,(H,21,22,24)/t17-/m0/s1. The number of benzene rings is 1. The summed E-state index contributed by atoms with van der Waals surface area (Å²) in [5.74, 6) is 0.500. The summed E-state index contributed by atoms with van der Waals surface area (Å²) in [5, 5.41) is 0. The predicted octanol–water partition coefficient (Wildman–Crippen LogP) is 2.17. The van der Waals surface area contributed by atoms with Crippen LogP contribution in [0.2, 0.25) is 0 Å². The maximum atomic E-state index is 13.0. The van der Waals surface area contributed by atoms with Crippen molar-refractivity contribution in [3.8, 4) is 0 Å². The van der Waals surface area contributed by atoms with E-state index in [4.69, 9.17) is 4.74 Å². The average molecular weight is 353 g/mol. The zero-order chi connectivity index (χ0) is 18.1. The largest absolute Gasteiger partial charge is 0.367 e. The maximum Gasteiger partial charge on any atom is 0.254 e. The Balaban J connectivity index is 1.54. The molecule has 6 heteroatoms. The van der Waals surface area contributed by atoms with Crippen LogP contribution in [0, 0.1) is 6.92 Å². The lowest BCUT2D eigenvalue weighted by Gasteiger charge is -2.32. The molecule has 0 radical (unpaired) electrons. The lowest BCUT2D eigenvalue weighted by molar-refractivity contribution is -0.0269. The molecular weight excluding hydrogens is 330 g/mol. The zero-order valence-corrected chi connectivity index (χ0v) is 15.0. The van der Waals surface area contributed by atoms with E-state index in [1.54, 1.807) is 11.8 Å². The third kappa shape index (κ3) is 3.42. The SMILES string of the molecule is Cc1cc(=O)[nH]c([C@@H]2CN(C(=O)c3ccc4c(c3)CCCC4)CCO2)n1. The van der Waals surface area contributed by atoms with Gasteiger partial charge in [0.05, 0.1) is 13.2 Å². The third-order valence-corrected chi connectivity index (χ3v) is 5.14. The lowest BCUT2D eigenvalue weighted by atomic mass is 9.90. The van der Waals surface area contributed by atoms with Gasteiger partial charge in [0.25, 0.3) is 11.5 Å². The smallest absolute Gasteiger partial charge is 0.254 e. The highest BCUT2D eigenvalue weighted by atomic mass is 16.5. The molecule has 1 aliphatic heterocycles. The van der Waals surface area contributed by atoms with Crippen molar-refractivity contribution in [1.29, 1.82) is 0 Å². The van der Waals surface area contributed by atoms with Crippen LogP contribution in [0.25, 0.3) is 0 Å². The molecule has 0 bridgehead atoms. The molecule has 6 nitrogen and oxygen atoms in total. The first-order chi connectivity index (χ1) is 12.6. The van der Waals surface area contributed by atoms with Gasteiger partial charge >= 0.3 is 0 Å². The van der Waals surface area contributed by atoms with E-state index in [0.29, 0.717) is 31.2 Å². The molecule has 0 unspecified atom stereocenters. The third-order valence-electron chi connectivity index (χ3n) is 5.14. The number of nitrogens with one attached hydrogen (secondary N) is 1. The molecule has 1 saturated heterocycles. The fraction of sp³-hybridized carbons (Fsp3) is 0.450. The summed E-state index contributed by atoms with van der Waals surface area (Å²) < 4.78 is 5.75. The Morgan fingerprint density at radius 1 is 1.23 bits per heavy atom. The quantitative estimate of drug-likeness (QED) is 0.898. The van der Waals surface area contributed by atoms with Gasteiger partial charge in [-0.15, -0.1) is 0 Å². The number of rotatable bonds is 2. The number of hydrogen-bond acceptors (Lipinski definition) is 4. The highest BCUT2D eigenvalue weighted by Crippen LogP contribution is 2.24. The van der Waals surface area contributed by atoms with Gasteiger partial charge in [-0.25, -0.2) is 4.98 Å². The van der Waals surface area contributed by atoms with Gasteiger partial charge in [0.2, 0.25) is 0 Å². The second-order valence-corrected chi connectivity index (χ2v) is 7.07. The van der Waals surface area contributed by atoms with E-state index < -0.39 is 6.10 Å². The number of fused-ring (bicyclic) bond motifs is 1. The minimum absolute atomic E-state index is 0.0154. The number of amides is 1. The molecule has 136 valence electrons. The van der Waals surface area contributed by atoms with Crippen LogP contribution in [-0.4, -0.2) is 40.5 Å². The Labute approximate surface area is 152 Å². The Morgan fingerprint density at radius 2 is 2.04 bits per heavy atom. The Bertz CT molecular complexity index is 890. The summed E-state index contributed by atoms with van der Waals surface area (Å²) in [4.78, 5) is 33.6. The van der Waals surface area contributed by atoms with Gasteiger partial charge in [0.15, 0.2) is 0 Å². The molecule has 2 heterocycles. The first kappa shape index (κ1) is 17.0. The van der Waals surface area contributed by atoms with Gasteiger partial charge in [-0.3, -0.25) is 9.59 Å². The number of carbonyl (C=O) groups excluding carboxylic acids is 1. The van der Waals surface area contributed by atoms with Crippen molar-refractivity contribution in [2.45, 2.75) is 38.7 Å². The van der Waals surface area contributed by atoms with E-state index in [1.807, 2.05) is 12.1 Å². The van der Waals surface area contributed by atoms with Crippen LogP contribution < -0.4 is 5.56 Å². The summed E-state index contributed by atoms with van der Waals surface area (Å²) in [6.45, 7) is 3.14. The van der Waals surface area contributed by atoms with Crippen molar-refractivity contribution < 1.29 is 9.53 Å². The van der Waals surface area contributed by atoms with E-state index in [2.05, 4.69) is 16.0 Å². The van der Waals surface area contributed by atoms with E-state index in [9.17, 15) is 9.59 Å². The maximum absolute atomic E-state index is 13.0. The van der Waals surface area contributed by atoms with Crippen molar-refractivity contribution in [2.75, 3.05) is 19.7 Å². The molecule has 1 fully saturated rings. The molecule has 1 aromatic heterocycles. The Morgan fingerprint density at radius 3 is 2.85 bits per heavy atom. The fourth-order valence-electron chi connectivity index (χ4n) is 3.80. The zero-order valence-electron chi connectivity index (χ0n) is 15.0. The first-order valence-electron chi connectivity index (χ1n) is 9.21. The van der Waals surface area contributed by atoms with Gasteiger partial charge in [-0.1, -0.05) is 6.07 Å². The van der Waals surface area contributed by atoms with Gasteiger partial charge in [0, 0.05) is 23.9 Å². The molecule has 1 aliphatic carbocycles. The summed E-state index contributed by atoms with van der Waals surface area (Å²) in [6.07, 6.45) is 4.17. The van der Waals surface area contributed by atoms with Crippen LogP contribution in [0.1, 0.15) is 51.9 Å². The fourth-order valence-corrected chi connectivity index (χ4v) is 3.80. The van der Waals surface area contributed by atoms with Crippen LogP contribution in [0.15, 0.2) is 29.1 Å². The van der Waals surface area contributed by atoms with Gasteiger partial charge in [-0.2, -0.15) is 0 Å². The van der Waals surface area contributed by atoms with Crippen molar-refractivity contribution in [3.63, 3.8) is 0 Å². The van der Waals surface area contributed by atoms with Crippen LogP contribution in [0.5, 0.6) is 0 Å². The van der Waals surface area contributed by atoms with E-state index >= 15 is 0 Å². The second kappa shape index (κ2) is 7.03. The molecule has 1 aromatic carbocycles. The molecule has 1 atom stereocenters. The highest BCUT2D eigenvalue weighted by molar-refractivity contribution is 5.94. The summed E-state index contributed by atoms with van der Waals surface area (Å²) in [7, 11) is 0. The number of morpholine rings is 1. The lowest BCUT2D eigenvalue weighted by Crippen LogP contribution is -2.43. The minimum atomic E-state index is -0.405. The molecule has 26 heavy (non-hydrogen) atoms. The van der Waals surface area contributed by atoms with E-state index in [-0.39, 0.29) is 11.5 Å². The van der Waals surface area contributed by atoms with Crippen molar-refractivity contribution >= 4 is 5.91 Å². The average Bonchev–Trinajstić information content (AvgIpc) is 2.66. The number of aromatic amines is 1. The van der Waals surface area contributed by atoms with Gasteiger partial charge in [0.1, 0.15) is 11.9 Å². The topological polar surface area (TPSA) is 75.3 Å². The van der Waals surface area contributed by atoms with Crippen LogP contribution >= 0.6 is 0 Å². The molecule has 1 N–H and O–H groups in total. The summed E-state index contributed by atoms with van der Waals surface area (Å²) in [5.41, 5.74) is 3.85. The molecule has 1 amide bonds. The molecule has 0 saturated carbocycles. The van der Waals surface area contributed by atoms with Crippen LogP contribution in [0.4, 0.5) is 0 Å². The molecule has 4 rings (SSSR count). The van der Waals surface area contributed by atoms with E-state index in [0.717, 1.165) is 18.4 Å². The molecule has 2 aromatic rings. The predicted molar refractivity (Wildman–Crippen MR) is 97.3 cm³/mol. The number of H-pyrrole nitrogens is 1. The number of aromatic nitrogens is 2. The number of carbonyl (C=O) groups is 1. The van der Waals surface area contributed by atoms with Gasteiger partial charge < -0.3 is 14.6 Å². The first-order valence-corrected chi connectivity index (χ1v) is 9.21.